The lowest BCUT2D eigenvalue weighted by atomic mass is 9.72. The van der Waals surface area contributed by atoms with E-state index in [1.165, 1.54) is 44.9 Å². The van der Waals surface area contributed by atoms with E-state index < -0.39 is 0 Å². The van der Waals surface area contributed by atoms with Gasteiger partial charge in [-0.3, -0.25) is 28.9 Å². The maximum atomic E-state index is 13.2. The van der Waals surface area contributed by atoms with Crippen LogP contribution >= 0.6 is 0 Å². The number of carbonyl (C=O) groups is 3. The zero-order chi connectivity index (χ0) is 25.4. The van der Waals surface area contributed by atoms with Crippen LogP contribution in [0.1, 0.15) is 36.3 Å². The third-order valence-corrected chi connectivity index (χ3v) is 6.79. The summed E-state index contributed by atoms with van der Waals surface area (Å²) >= 11 is 0. The second-order valence-corrected chi connectivity index (χ2v) is 9.16. The Morgan fingerprint density at radius 1 is 1.14 bits per heavy atom. The van der Waals surface area contributed by atoms with Crippen LogP contribution in [-0.4, -0.2) is 126 Å². The van der Waals surface area contributed by atoms with Gasteiger partial charge in [0, 0.05) is 31.7 Å². The van der Waals surface area contributed by atoms with Crippen molar-refractivity contribution in [1.29, 1.82) is 0 Å². The molecule has 192 valence electrons. The number of likely N-dealkylation sites (tertiary alicyclic amines) is 1. The van der Waals surface area contributed by atoms with Crippen LogP contribution in [-0.2, 0) is 9.59 Å². The van der Waals surface area contributed by atoms with Crippen molar-refractivity contribution in [3.63, 3.8) is 0 Å². The zero-order valence-electron chi connectivity index (χ0n) is 20.0. The number of likely N-dealkylation sites (N-methyl/N-ethyl adjacent to an activating group) is 1. The molecule has 0 unspecified atom stereocenters. The molecule has 0 spiro atoms. The Morgan fingerprint density at radius 3 is 2.46 bits per heavy atom. The van der Waals surface area contributed by atoms with Gasteiger partial charge in [-0.25, -0.2) is 0 Å². The number of piperidine rings is 3. The standard InChI is InChI=1S/C19H29N9O.2CH2O2/c1-25(2)10-16-14-7-13(15-5-3-4-6-28(15)16)8-26(9-14)18(29)17-22-19(24-23-17)27-11-20-21-12-27;2*2-1-3/h11-16H,3-10H2,1-2H3,(H,22,23,24);2*1H,(H,2,3)/t13-,14+,15+,16+;;/m1../s1. The molecule has 5 heterocycles. The molecule has 35 heavy (non-hydrogen) atoms. The van der Waals surface area contributed by atoms with Crippen molar-refractivity contribution in [2.75, 3.05) is 40.3 Å². The van der Waals surface area contributed by atoms with Crippen LogP contribution in [0.4, 0.5) is 0 Å². The number of H-pyrrole nitrogens is 1. The summed E-state index contributed by atoms with van der Waals surface area (Å²) < 4.78 is 1.59. The minimum atomic E-state index is -0.250. The van der Waals surface area contributed by atoms with Gasteiger partial charge in [0.25, 0.3) is 24.8 Å². The normalized spacial score (nSPS) is 25.4. The molecule has 3 saturated heterocycles. The van der Waals surface area contributed by atoms with Crippen LogP contribution in [0.15, 0.2) is 12.7 Å². The fourth-order valence-electron chi connectivity index (χ4n) is 5.62. The number of aromatic amines is 1. The number of hydrogen-bond donors (Lipinski definition) is 3. The van der Waals surface area contributed by atoms with Crippen molar-refractivity contribution in [3.05, 3.63) is 18.5 Å². The summed E-state index contributed by atoms with van der Waals surface area (Å²) in [5, 5.41) is 28.3. The zero-order valence-corrected chi connectivity index (χ0v) is 20.0. The van der Waals surface area contributed by atoms with E-state index in [9.17, 15) is 4.79 Å². The number of rotatable bonds is 4. The molecule has 3 fully saturated rings. The number of amides is 1. The van der Waals surface area contributed by atoms with E-state index in [-0.39, 0.29) is 18.9 Å². The van der Waals surface area contributed by atoms with E-state index in [1.54, 1.807) is 4.57 Å². The topological polar surface area (TPSA) is 174 Å². The van der Waals surface area contributed by atoms with Gasteiger partial charge in [0.05, 0.1) is 0 Å². The van der Waals surface area contributed by atoms with Gasteiger partial charge in [-0.05, 0) is 51.7 Å². The lowest BCUT2D eigenvalue weighted by molar-refractivity contribution is -0.123. The fraction of sp³-hybridized carbons (Fsp3) is 0.667. The summed E-state index contributed by atoms with van der Waals surface area (Å²) in [7, 11) is 4.30. The number of carbonyl (C=O) groups excluding carboxylic acids is 1. The monoisotopic (exact) mass is 491 g/mol. The Bertz CT molecular complexity index is 945. The summed E-state index contributed by atoms with van der Waals surface area (Å²) in [6, 6.07) is 1.12. The first kappa shape index (κ1) is 26.2. The molecule has 3 N–H and O–H groups in total. The first-order chi connectivity index (χ1) is 16.9. The predicted octanol–water partition coefficient (Wildman–Crippen LogP) is -0.336. The molecular weight excluding hydrogens is 458 g/mol. The summed E-state index contributed by atoms with van der Waals surface area (Å²) in [4.78, 5) is 41.4. The van der Waals surface area contributed by atoms with E-state index in [2.05, 4.69) is 49.3 Å². The number of fused-ring (bicyclic) bond motifs is 4. The number of aromatic nitrogens is 6. The van der Waals surface area contributed by atoms with E-state index in [4.69, 9.17) is 19.8 Å². The molecule has 0 radical (unpaired) electrons. The highest BCUT2D eigenvalue weighted by atomic mass is 16.3. The molecule has 2 bridgehead atoms. The first-order valence-electron chi connectivity index (χ1n) is 11.6. The number of nitrogens with zero attached hydrogens (tertiary/aromatic N) is 8. The van der Waals surface area contributed by atoms with Gasteiger partial charge in [-0.15, -0.1) is 15.3 Å². The van der Waals surface area contributed by atoms with E-state index in [0.717, 1.165) is 19.6 Å². The number of hydrogen-bond acceptors (Lipinski definition) is 9. The molecule has 3 aliphatic rings. The van der Waals surface area contributed by atoms with Gasteiger partial charge in [0.15, 0.2) is 0 Å². The molecule has 3 aliphatic heterocycles. The van der Waals surface area contributed by atoms with Crippen molar-refractivity contribution in [2.45, 2.75) is 37.8 Å². The first-order valence-corrected chi connectivity index (χ1v) is 11.6. The number of nitrogens with one attached hydrogen (secondary N) is 1. The molecule has 1 amide bonds. The van der Waals surface area contributed by atoms with E-state index in [1.807, 2.05) is 4.90 Å². The SMILES string of the molecule is CN(C)C[C@H]1[C@H]2C[C@H](CN(C(=O)c3nc(-n4cnnc4)n[nH]3)C2)[C@@H]2CCCCN21.O=CO.O=CO. The molecule has 0 aromatic carbocycles. The van der Waals surface area contributed by atoms with Crippen LogP contribution in [0.5, 0.6) is 0 Å². The minimum absolute atomic E-state index is 0.0561. The molecule has 14 nitrogen and oxygen atoms in total. The molecular formula is C21H33N9O5. The van der Waals surface area contributed by atoms with Gasteiger partial charge in [-0.2, -0.15) is 4.98 Å². The summed E-state index contributed by atoms with van der Waals surface area (Å²) in [6.45, 7) is 3.36. The maximum Gasteiger partial charge on any atom is 0.291 e. The average molecular weight is 492 g/mol. The summed E-state index contributed by atoms with van der Waals surface area (Å²) in [5.74, 6) is 1.68. The molecule has 5 rings (SSSR count). The highest BCUT2D eigenvalue weighted by molar-refractivity contribution is 5.90. The highest BCUT2D eigenvalue weighted by Crippen LogP contribution is 2.41. The van der Waals surface area contributed by atoms with Gasteiger partial charge >= 0.3 is 0 Å². The lowest BCUT2D eigenvalue weighted by Crippen LogP contribution is -2.65. The molecule has 0 saturated carbocycles. The summed E-state index contributed by atoms with van der Waals surface area (Å²) in [5.41, 5.74) is 0. The van der Waals surface area contributed by atoms with Crippen molar-refractivity contribution in [3.8, 4) is 5.95 Å². The Labute approximate surface area is 202 Å². The van der Waals surface area contributed by atoms with Crippen molar-refractivity contribution in [2.24, 2.45) is 11.8 Å². The van der Waals surface area contributed by atoms with Crippen molar-refractivity contribution in [1.82, 2.24) is 44.6 Å². The minimum Gasteiger partial charge on any atom is -0.483 e. The predicted molar refractivity (Wildman–Crippen MR) is 123 cm³/mol. The Balaban J connectivity index is 0.000000520. The summed E-state index contributed by atoms with van der Waals surface area (Å²) in [6.07, 6.45) is 8.12. The van der Waals surface area contributed by atoms with Gasteiger partial charge in [-0.1, -0.05) is 6.42 Å². The van der Waals surface area contributed by atoms with Gasteiger partial charge in [0.1, 0.15) is 12.7 Å². The van der Waals surface area contributed by atoms with Crippen LogP contribution in [0.25, 0.3) is 5.95 Å². The molecule has 2 aromatic heterocycles. The average Bonchev–Trinajstić information content (AvgIpc) is 3.54. The third-order valence-electron chi connectivity index (χ3n) is 6.79. The van der Waals surface area contributed by atoms with Crippen LogP contribution < -0.4 is 0 Å². The fourth-order valence-corrected chi connectivity index (χ4v) is 5.62. The lowest BCUT2D eigenvalue weighted by Gasteiger charge is -2.57. The Kier molecular flexibility index (Phi) is 9.25. The maximum absolute atomic E-state index is 13.2. The highest BCUT2D eigenvalue weighted by Gasteiger charge is 2.48. The number of carboxylic acid groups (broad SMARTS) is 2. The van der Waals surface area contributed by atoms with Crippen LogP contribution in [0.2, 0.25) is 0 Å². The van der Waals surface area contributed by atoms with E-state index >= 15 is 0 Å². The van der Waals surface area contributed by atoms with Gasteiger partial charge in [0.2, 0.25) is 5.82 Å². The molecule has 4 atom stereocenters. The van der Waals surface area contributed by atoms with Crippen molar-refractivity contribution >= 4 is 18.9 Å². The van der Waals surface area contributed by atoms with Crippen LogP contribution in [0, 0.1) is 11.8 Å². The smallest absolute Gasteiger partial charge is 0.291 e. The second kappa shape index (κ2) is 12.4. The molecule has 14 heteroatoms. The van der Waals surface area contributed by atoms with Crippen molar-refractivity contribution < 1.29 is 24.6 Å². The Morgan fingerprint density at radius 2 is 1.80 bits per heavy atom. The van der Waals surface area contributed by atoms with E-state index in [0.29, 0.717) is 35.7 Å². The molecule has 2 aromatic rings. The second-order valence-electron chi connectivity index (χ2n) is 9.16. The van der Waals surface area contributed by atoms with Crippen LogP contribution in [0.3, 0.4) is 0 Å². The third kappa shape index (κ3) is 6.19. The Hall–Kier alpha value is -3.39. The largest absolute Gasteiger partial charge is 0.483 e. The quantitative estimate of drug-likeness (QED) is 0.478. The molecule has 0 aliphatic carbocycles. The van der Waals surface area contributed by atoms with Gasteiger partial charge < -0.3 is 20.0 Å².